The second-order valence-corrected chi connectivity index (χ2v) is 8.91. The number of rotatable bonds is 8. The average molecular weight is 490 g/mol. The number of carbonyl (C=O) groups excluding carboxylic acids is 3. The quantitative estimate of drug-likeness (QED) is 0.477. The molecule has 0 saturated heterocycles. The Balaban J connectivity index is 1.28. The molecule has 36 heavy (non-hydrogen) atoms. The molecule has 1 aromatic heterocycles. The predicted molar refractivity (Wildman–Crippen MR) is 130 cm³/mol. The van der Waals surface area contributed by atoms with Crippen LogP contribution in [-0.2, 0) is 11.3 Å². The van der Waals surface area contributed by atoms with Crippen LogP contribution in [-0.4, -0.2) is 41.8 Å². The smallest absolute Gasteiger partial charge is 0.273 e. The highest BCUT2D eigenvalue weighted by Crippen LogP contribution is 2.34. The first-order chi connectivity index (χ1) is 17.6. The van der Waals surface area contributed by atoms with Crippen LogP contribution in [0.15, 0.2) is 59.2 Å². The van der Waals surface area contributed by atoms with E-state index >= 15 is 0 Å². The average Bonchev–Trinajstić information content (AvgIpc) is 3.39. The van der Waals surface area contributed by atoms with Gasteiger partial charge >= 0.3 is 0 Å². The maximum Gasteiger partial charge on any atom is 0.273 e. The van der Waals surface area contributed by atoms with Crippen LogP contribution in [0.5, 0.6) is 11.5 Å². The molecule has 0 radical (unpaired) electrons. The molecule has 1 saturated carbocycles. The summed E-state index contributed by atoms with van der Waals surface area (Å²) in [4.78, 5) is 43.8. The maximum absolute atomic E-state index is 12.7. The predicted octanol–water partition coefficient (Wildman–Crippen LogP) is 3.92. The summed E-state index contributed by atoms with van der Waals surface area (Å²) in [6.45, 7) is -0.284. The molecule has 0 unspecified atom stereocenters. The summed E-state index contributed by atoms with van der Waals surface area (Å²) in [5.41, 5.74) is 0.995. The molecule has 0 bridgehead atoms. The van der Waals surface area contributed by atoms with Crippen molar-refractivity contribution in [2.24, 2.45) is 0 Å². The number of ketones is 1. The number of amides is 2. The number of anilines is 1. The van der Waals surface area contributed by atoms with Gasteiger partial charge in [0.15, 0.2) is 24.7 Å². The summed E-state index contributed by atoms with van der Waals surface area (Å²) < 4.78 is 16.6. The Labute approximate surface area is 208 Å². The molecule has 1 N–H and O–H groups in total. The van der Waals surface area contributed by atoms with Crippen molar-refractivity contribution in [3.63, 3.8) is 0 Å². The van der Waals surface area contributed by atoms with Gasteiger partial charge in [0, 0.05) is 11.6 Å². The van der Waals surface area contributed by atoms with Crippen LogP contribution in [0.4, 0.5) is 5.69 Å². The van der Waals surface area contributed by atoms with Gasteiger partial charge in [0.25, 0.3) is 11.8 Å². The van der Waals surface area contributed by atoms with Gasteiger partial charge in [0.2, 0.25) is 5.89 Å². The summed E-state index contributed by atoms with van der Waals surface area (Å²) in [6, 6.07) is 14.1. The van der Waals surface area contributed by atoms with Crippen molar-refractivity contribution in [1.82, 2.24) is 10.3 Å². The highest BCUT2D eigenvalue weighted by molar-refractivity contribution is 6.02. The number of fused-ring (bicyclic) bond motifs is 1. The third-order valence-electron chi connectivity index (χ3n) is 6.36. The lowest BCUT2D eigenvalue weighted by molar-refractivity contribution is -0.121. The van der Waals surface area contributed by atoms with E-state index in [0.29, 0.717) is 22.7 Å². The van der Waals surface area contributed by atoms with Crippen LogP contribution in [0.1, 0.15) is 58.8 Å². The van der Waals surface area contributed by atoms with Crippen LogP contribution in [0.3, 0.4) is 0 Å². The lowest BCUT2D eigenvalue weighted by atomic mass is 9.95. The number of hydrogen-bond acceptors (Lipinski definition) is 7. The van der Waals surface area contributed by atoms with Crippen molar-refractivity contribution in [2.75, 3.05) is 18.1 Å². The normalized spacial score (nSPS) is 15.7. The summed E-state index contributed by atoms with van der Waals surface area (Å²) in [7, 11) is 0. The van der Waals surface area contributed by atoms with Gasteiger partial charge in [-0.1, -0.05) is 37.5 Å². The molecular weight excluding hydrogens is 462 g/mol. The lowest BCUT2D eigenvalue weighted by Crippen LogP contribution is -2.38. The zero-order chi connectivity index (χ0) is 24.9. The molecular formula is C27H27N3O6. The number of carbonyl (C=O) groups is 3. The number of oxazole rings is 1. The molecule has 0 spiro atoms. The lowest BCUT2D eigenvalue weighted by Gasteiger charge is -2.28. The molecule has 2 aliphatic rings. The molecule has 186 valence electrons. The molecule has 1 fully saturated rings. The van der Waals surface area contributed by atoms with Crippen LogP contribution in [0, 0.1) is 0 Å². The van der Waals surface area contributed by atoms with E-state index < -0.39 is 0 Å². The fourth-order valence-electron chi connectivity index (χ4n) is 4.43. The van der Waals surface area contributed by atoms with Crippen LogP contribution < -0.4 is 19.7 Å². The molecule has 0 atom stereocenters. The molecule has 9 heteroatoms. The number of benzene rings is 2. The Hall–Kier alpha value is -4.14. The van der Waals surface area contributed by atoms with E-state index in [4.69, 9.17) is 13.9 Å². The molecule has 2 heterocycles. The van der Waals surface area contributed by atoms with E-state index in [-0.39, 0.29) is 55.0 Å². The first-order valence-electron chi connectivity index (χ1n) is 12.1. The summed E-state index contributed by atoms with van der Waals surface area (Å²) in [5, 5.41) is 3.01. The Kier molecular flexibility index (Phi) is 6.97. The summed E-state index contributed by atoms with van der Waals surface area (Å²) in [5.74, 6) is 0.454. The maximum atomic E-state index is 12.7. The van der Waals surface area contributed by atoms with Crippen molar-refractivity contribution in [3.05, 3.63) is 71.9 Å². The number of nitrogens with zero attached hydrogens (tertiary/aromatic N) is 2. The minimum absolute atomic E-state index is 0.00403. The van der Waals surface area contributed by atoms with Gasteiger partial charge in [0.05, 0.1) is 5.69 Å². The fourth-order valence-corrected chi connectivity index (χ4v) is 4.43. The minimum Gasteiger partial charge on any atom is -0.485 e. The highest BCUT2D eigenvalue weighted by Gasteiger charge is 2.29. The second-order valence-electron chi connectivity index (χ2n) is 8.91. The van der Waals surface area contributed by atoms with Gasteiger partial charge in [0.1, 0.15) is 24.3 Å². The second kappa shape index (κ2) is 10.6. The van der Waals surface area contributed by atoms with E-state index in [0.717, 1.165) is 25.7 Å². The standard InChI is InChI=1S/C27H27N3O6/c31-23(16-34-20-9-5-2-6-10-20)18-11-12-24-22(13-18)30(26(32)17-35-24)14-25-29-21(15-36-25)27(33)28-19-7-3-1-4-8-19/h2,5-6,9-13,15,19H,1,3-4,7-8,14,16-17H2,(H,28,33). The largest absolute Gasteiger partial charge is 0.485 e. The van der Waals surface area contributed by atoms with Gasteiger partial charge < -0.3 is 19.2 Å². The topological polar surface area (TPSA) is 111 Å². The Morgan fingerprint density at radius 2 is 1.89 bits per heavy atom. The van der Waals surface area contributed by atoms with Crippen LogP contribution >= 0.6 is 0 Å². The molecule has 5 rings (SSSR count). The van der Waals surface area contributed by atoms with Gasteiger partial charge in [-0.25, -0.2) is 4.98 Å². The monoisotopic (exact) mass is 489 g/mol. The van der Waals surface area contributed by atoms with E-state index in [1.54, 1.807) is 30.3 Å². The van der Waals surface area contributed by atoms with Crippen molar-refractivity contribution in [3.8, 4) is 11.5 Å². The van der Waals surface area contributed by atoms with Crippen molar-refractivity contribution in [1.29, 1.82) is 0 Å². The zero-order valence-electron chi connectivity index (χ0n) is 19.8. The van der Waals surface area contributed by atoms with Crippen molar-refractivity contribution in [2.45, 2.75) is 44.7 Å². The molecule has 2 aromatic carbocycles. The number of Topliss-reactive ketones (excluding diaryl/α,β-unsaturated/α-hetero) is 1. The number of ether oxygens (including phenoxy) is 2. The van der Waals surface area contributed by atoms with Gasteiger partial charge in [-0.2, -0.15) is 0 Å². The van der Waals surface area contributed by atoms with E-state index in [2.05, 4.69) is 10.3 Å². The minimum atomic E-state index is -0.306. The van der Waals surface area contributed by atoms with Gasteiger partial charge in [-0.3, -0.25) is 19.3 Å². The van der Waals surface area contributed by atoms with Crippen LogP contribution in [0.25, 0.3) is 0 Å². The third-order valence-corrected chi connectivity index (χ3v) is 6.36. The molecule has 9 nitrogen and oxygen atoms in total. The molecule has 1 aliphatic carbocycles. The van der Waals surface area contributed by atoms with Gasteiger partial charge in [-0.15, -0.1) is 0 Å². The summed E-state index contributed by atoms with van der Waals surface area (Å²) >= 11 is 0. The number of nitrogens with one attached hydrogen (secondary N) is 1. The Morgan fingerprint density at radius 1 is 1.08 bits per heavy atom. The Morgan fingerprint density at radius 3 is 2.69 bits per heavy atom. The molecule has 1 aliphatic heterocycles. The van der Waals surface area contributed by atoms with E-state index in [1.807, 2.05) is 18.2 Å². The van der Waals surface area contributed by atoms with E-state index in [9.17, 15) is 14.4 Å². The Bertz CT molecular complexity index is 1250. The number of para-hydroxylation sites is 1. The van der Waals surface area contributed by atoms with Gasteiger partial charge in [-0.05, 0) is 43.2 Å². The third kappa shape index (κ3) is 5.40. The first kappa shape index (κ1) is 23.6. The highest BCUT2D eigenvalue weighted by atomic mass is 16.5. The van der Waals surface area contributed by atoms with Crippen LogP contribution in [0.2, 0.25) is 0 Å². The molecule has 3 aromatic rings. The van der Waals surface area contributed by atoms with Crippen molar-refractivity contribution < 1.29 is 28.3 Å². The van der Waals surface area contributed by atoms with Crippen molar-refractivity contribution >= 4 is 23.3 Å². The van der Waals surface area contributed by atoms with E-state index in [1.165, 1.54) is 17.6 Å². The molecule has 2 amide bonds. The fraction of sp³-hybridized carbons (Fsp3) is 0.333. The first-order valence-corrected chi connectivity index (χ1v) is 12.1. The zero-order valence-corrected chi connectivity index (χ0v) is 19.8. The SMILES string of the molecule is O=C(COc1ccccc1)c1ccc2c(c1)N(Cc1nc(C(=O)NC3CCCCC3)co1)C(=O)CO2. The summed E-state index contributed by atoms with van der Waals surface area (Å²) in [6.07, 6.45) is 6.65. The number of hydrogen-bond donors (Lipinski definition) is 1. The number of aromatic nitrogens is 1.